The van der Waals surface area contributed by atoms with Gasteiger partial charge in [0.1, 0.15) is 0 Å². The van der Waals surface area contributed by atoms with E-state index in [2.05, 4.69) is 6.07 Å². The van der Waals surface area contributed by atoms with Crippen molar-refractivity contribution in [3.05, 3.63) is 23.8 Å². The molecule has 1 saturated heterocycles. The predicted molar refractivity (Wildman–Crippen MR) is 74.8 cm³/mol. The Balaban J connectivity index is 2.08. The first-order valence-electron chi connectivity index (χ1n) is 7.00. The first kappa shape index (κ1) is 14.2. The van der Waals surface area contributed by atoms with E-state index in [4.69, 9.17) is 19.9 Å². The quantitative estimate of drug-likeness (QED) is 0.819. The van der Waals surface area contributed by atoms with Gasteiger partial charge in [-0.15, -0.1) is 0 Å². The lowest BCUT2D eigenvalue weighted by Crippen LogP contribution is -2.14. The summed E-state index contributed by atoms with van der Waals surface area (Å²) in [7, 11) is 0. The molecule has 1 aromatic carbocycles. The Labute approximate surface area is 114 Å². The third-order valence-electron chi connectivity index (χ3n) is 3.26. The molecule has 1 heterocycles. The lowest BCUT2D eigenvalue weighted by Gasteiger charge is -2.17. The van der Waals surface area contributed by atoms with Crippen LogP contribution in [0.5, 0.6) is 11.5 Å². The van der Waals surface area contributed by atoms with E-state index in [1.165, 1.54) is 0 Å². The molecule has 0 saturated carbocycles. The van der Waals surface area contributed by atoms with Crippen molar-refractivity contribution in [2.45, 2.75) is 19.8 Å². The van der Waals surface area contributed by atoms with Crippen LogP contribution < -0.4 is 15.2 Å². The van der Waals surface area contributed by atoms with Gasteiger partial charge in [0.15, 0.2) is 11.5 Å². The minimum Gasteiger partial charge on any atom is -0.490 e. The maximum absolute atomic E-state index is 6.00. The Morgan fingerprint density at radius 2 is 2.26 bits per heavy atom. The van der Waals surface area contributed by atoms with Crippen molar-refractivity contribution in [1.82, 2.24) is 0 Å². The summed E-state index contributed by atoms with van der Waals surface area (Å²) in [6.07, 6.45) is 1.88. The van der Waals surface area contributed by atoms with Crippen LogP contribution in [-0.4, -0.2) is 33.0 Å². The number of benzene rings is 1. The maximum atomic E-state index is 6.00. The van der Waals surface area contributed by atoms with Crippen LogP contribution in [0.1, 0.15) is 18.9 Å². The molecule has 1 fully saturated rings. The zero-order valence-corrected chi connectivity index (χ0v) is 11.6. The van der Waals surface area contributed by atoms with E-state index in [9.17, 15) is 0 Å². The third-order valence-corrected chi connectivity index (χ3v) is 3.26. The lowest BCUT2D eigenvalue weighted by atomic mass is 10.1. The van der Waals surface area contributed by atoms with Crippen LogP contribution in [0, 0.1) is 5.92 Å². The van der Waals surface area contributed by atoms with Crippen molar-refractivity contribution in [3.8, 4) is 11.5 Å². The van der Waals surface area contributed by atoms with Crippen molar-refractivity contribution in [3.63, 3.8) is 0 Å². The Morgan fingerprint density at radius 1 is 1.37 bits per heavy atom. The van der Waals surface area contributed by atoms with Crippen molar-refractivity contribution >= 4 is 0 Å². The van der Waals surface area contributed by atoms with Crippen molar-refractivity contribution < 1.29 is 14.2 Å². The van der Waals surface area contributed by atoms with Crippen LogP contribution >= 0.6 is 0 Å². The molecule has 19 heavy (non-hydrogen) atoms. The first-order chi connectivity index (χ1) is 9.35. The van der Waals surface area contributed by atoms with E-state index in [0.717, 1.165) is 43.1 Å². The van der Waals surface area contributed by atoms with Gasteiger partial charge in [0.05, 0.1) is 19.8 Å². The smallest absolute Gasteiger partial charge is 0.164 e. The van der Waals surface area contributed by atoms with Gasteiger partial charge >= 0.3 is 0 Å². The van der Waals surface area contributed by atoms with Gasteiger partial charge in [-0.1, -0.05) is 12.1 Å². The molecule has 2 N–H and O–H groups in total. The molecule has 0 aromatic heterocycles. The van der Waals surface area contributed by atoms with E-state index < -0.39 is 0 Å². The Hall–Kier alpha value is -1.26. The van der Waals surface area contributed by atoms with Crippen LogP contribution in [0.2, 0.25) is 0 Å². The Kier molecular flexibility index (Phi) is 5.48. The molecule has 4 nitrogen and oxygen atoms in total. The average molecular weight is 265 g/mol. The van der Waals surface area contributed by atoms with Crippen LogP contribution in [-0.2, 0) is 11.2 Å². The second-order valence-electron chi connectivity index (χ2n) is 4.76. The summed E-state index contributed by atoms with van der Waals surface area (Å²) >= 11 is 0. The fraction of sp³-hybridized carbons (Fsp3) is 0.600. The van der Waals surface area contributed by atoms with E-state index >= 15 is 0 Å². The van der Waals surface area contributed by atoms with Gasteiger partial charge in [0, 0.05) is 12.5 Å². The van der Waals surface area contributed by atoms with E-state index in [1.54, 1.807) is 0 Å². The minimum absolute atomic E-state index is 0.486. The second kappa shape index (κ2) is 7.36. The fourth-order valence-electron chi connectivity index (χ4n) is 2.26. The van der Waals surface area contributed by atoms with Gasteiger partial charge in [-0.2, -0.15) is 0 Å². The summed E-state index contributed by atoms with van der Waals surface area (Å²) in [5, 5.41) is 0. The molecule has 1 unspecified atom stereocenters. The highest BCUT2D eigenvalue weighted by Crippen LogP contribution is 2.32. The topological polar surface area (TPSA) is 53.7 Å². The molecule has 1 atom stereocenters. The Bertz CT molecular complexity index is 365. The van der Waals surface area contributed by atoms with Crippen molar-refractivity contribution in [1.29, 1.82) is 0 Å². The van der Waals surface area contributed by atoms with Gasteiger partial charge in [-0.05, 0) is 37.9 Å². The molecule has 0 bridgehead atoms. The molecule has 4 heteroatoms. The van der Waals surface area contributed by atoms with Crippen LogP contribution in [0.4, 0.5) is 0 Å². The fourth-order valence-corrected chi connectivity index (χ4v) is 2.26. The molecule has 0 aliphatic carbocycles. The highest BCUT2D eigenvalue weighted by atomic mass is 16.5. The van der Waals surface area contributed by atoms with Crippen LogP contribution in [0.15, 0.2) is 18.2 Å². The molecule has 0 radical (unpaired) electrons. The first-order valence-corrected chi connectivity index (χ1v) is 7.00. The highest BCUT2D eigenvalue weighted by molar-refractivity contribution is 5.46. The Morgan fingerprint density at radius 3 is 2.95 bits per heavy atom. The summed E-state index contributed by atoms with van der Waals surface area (Å²) in [5.41, 5.74) is 6.77. The molecule has 1 aromatic rings. The molecular weight excluding hydrogens is 242 g/mol. The van der Waals surface area contributed by atoms with Gasteiger partial charge in [-0.3, -0.25) is 0 Å². The van der Waals surface area contributed by atoms with Gasteiger partial charge in [-0.25, -0.2) is 0 Å². The standard InChI is InChI=1S/C15H23NO3/c1-2-18-14-5-3-4-13(6-8-16)15(14)19-11-12-7-9-17-10-12/h3-5,12H,2,6-11,16H2,1H3. The third kappa shape index (κ3) is 3.85. The zero-order chi connectivity index (χ0) is 13.5. The molecule has 1 aliphatic heterocycles. The van der Waals surface area contributed by atoms with Gasteiger partial charge < -0.3 is 19.9 Å². The highest BCUT2D eigenvalue weighted by Gasteiger charge is 2.18. The van der Waals surface area contributed by atoms with E-state index in [0.29, 0.717) is 25.7 Å². The summed E-state index contributed by atoms with van der Waals surface area (Å²) in [5.74, 6) is 2.15. The molecule has 1 aliphatic rings. The van der Waals surface area contributed by atoms with Crippen molar-refractivity contribution in [2.24, 2.45) is 11.7 Å². The predicted octanol–water partition coefficient (Wildman–Crippen LogP) is 2.00. The summed E-state index contributed by atoms with van der Waals surface area (Å²) < 4.78 is 17.0. The molecule has 0 amide bonds. The number of hydrogen-bond acceptors (Lipinski definition) is 4. The number of hydrogen-bond donors (Lipinski definition) is 1. The summed E-state index contributed by atoms with van der Waals surface area (Å²) in [4.78, 5) is 0. The molecule has 2 rings (SSSR count). The van der Waals surface area contributed by atoms with E-state index in [-0.39, 0.29) is 0 Å². The lowest BCUT2D eigenvalue weighted by molar-refractivity contribution is 0.164. The summed E-state index contributed by atoms with van der Waals surface area (Å²) in [6, 6.07) is 5.99. The largest absolute Gasteiger partial charge is 0.490 e. The molecular formula is C15H23NO3. The minimum atomic E-state index is 0.486. The average Bonchev–Trinajstić information content (AvgIpc) is 2.92. The SMILES string of the molecule is CCOc1cccc(CCN)c1OCC1CCOC1. The number of rotatable bonds is 7. The normalized spacial score (nSPS) is 18.5. The monoisotopic (exact) mass is 265 g/mol. The number of nitrogens with two attached hydrogens (primary N) is 1. The molecule has 0 spiro atoms. The van der Waals surface area contributed by atoms with Crippen molar-refractivity contribution in [2.75, 3.05) is 33.0 Å². The maximum Gasteiger partial charge on any atom is 0.164 e. The van der Waals surface area contributed by atoms with Crippen LogP contribution in [0.3, 0.4) is 0 Å². The summed E-state index contributed by atoms with van der Waals surface area (Å²) in [6.45, 7) is 5.54. The zero-order valence-electron chi connectivity index (χ0n) is 11.6. The second-order valence-corrected chi connectivity index (χ2v) is 4.76. The van der Waals surface area contributed by atoms with Gasteiger partial charge in [0.25, 0.3) is 0 Å². The van der Waals surface area contributed by atoms with Crippen LogP contribution in [0.25, 0.3) is 0 Å². The van der Waals surface area contributed by atoms with Gasteiger partial charge in [0.2, 0.25) is 0 Å². The number of ether oxygens (including phenoxy) is 3. The molecule has 106 valence electrons. The number of para-hydroxylation sites is 1. The van der Waals surface area contributed by atoms with E-state index in [1.807, 2.05) is 19.1 Å².